The van der Waals surface area contributed by atoms with E-state index in [1.54, 1.807) is 0 Å². The van der Waals surface area contributed by atoms with E-state index in [1.165, 1.54) is 0 Å². The average molecular weight is 641 g/mol. The molecule has 0 atom stereocenters. The molecule has 0 aliphatic heterocycles. The Morgan fingerprint density at radius 2 is 0.919 bits per heavy atom. The Morgan fingerprint density at radius 1 is 0.622 bits per heavy atom. The third-order valence-corrected chi connectivity index (χ3v) is 5.93. The van der Waals surface area contributed by atoms with Crippen molar-refractivity contribution in [1.29, 1.82) is 0 Å². The van der Waals surface area contributed by atoms with E-state index in [2.05, 4.69) is 4.52 Å². The molecule has 0 rings (SSSR count). The number of sulfonamides is 1. The van der Waals surface area contributed by atoms with Crippen molar-refractivity contribution in [1.82, 2.24) is 4.53 Å². The standard InChI is InChI=1S/C10H6F18NO6PS/c11-3(12,5(15,16)7(19,20)9(23,24)25)4(13,14)6(17,18)8(21,22)10(26,27)37(33,34)29(28)1-2-35-36(30,31)32/h1-2H2,(H2,30,31,32). The molecule has 0 amide bonds. The summed E-state index contributed by atoms with van der Waals surface area (Å²) in [4.78, 5) is 16.3. The first-order valence-electron chi connectivity index (χ1n) is 7.72. The average Bonchev–Trinajstić information content (AvgIpc) is 2.64. The first-order chi connectivity index (χ1) is 15.6. The minimum absolute atomic E-state index is 2.09. The molecule has 224 valence electrons. The molecule has 0 unspecified atom stereocenters. The van der Waals surface area contributed by atoms with Crippen LogP contribution in [0.4, 0.5) is 79.1 Å². The van der Waals surface area contributed by atoms with Gasteiger partial charge in [-0.05, 0) is 4.53 Å². The van der Waals surface area contributed by atoms with Crippen molar-refractivity contribution in [3.05, 3.63) is 0 Å². The zero-order valence-electron chi connectivity index (χ0n) is 16.0. The van der Waals surface area contributed by atoms with Gasteiger partial charge in [0, 0.05) is 0 Å². The fraction of sp³-hybridized carbons (Fsp3) is 1.00. The molecule has 0 radical (unpaired) electrons. The fourth-order valence-corrected chi connectivity index (χ4v) is 3.12. The number of hydrogen-bond acceptors (Lipinski definition) is 4. The lowest BCUT2D eigenvalue weighted by Crippen LogP contribution is -2.75. The van der Waals surface area contributed by atoms with Gasteiger partial charge >= 0.3 is 64.8 Å². The third kappa shape index (κ3) is 5.32. The van der Waals surface area contributed by atoms with Gasteiger partial charge in [0.25, 0.3) is 0 Å². The molecule has 0 bridgehead atoms. The maximum absolute atomic E-state index is 13.6. The number of phosphoric ester groups is 1. The van der Waals surface area contributed by atoms with Gasteiger partial charge in [-0.25, -0.2) is 13.0 Å². The van der Waals surface area contributed by atoms with Gasteiger partial charge in [0.1, 0.15) is 0 Å². The normalized spacial score (nSPS) is 16.5. The van der Waals surface area contributed by atoms with Crippen LogP contribution in [0.5, 0.6) is 0 Å². The van der Waals surface area contributed by atoms with E-state index >= 15 is 0 Å². The molecule has 0 aromatic carbocycles. The Kier molecular flexibility index (Phi) is 9.13. The summed E-state index contributed by atoms with van der Waals surface area (Å²) < 4.78 is 269. The summed E-state index contributed by atoms with van der Waals surface area (Å²) in [6.45, 7) is -4.65. The smallest absolute Gasteiger partial charge is 0.303 e. The number of nitrogens with zero attached hydrogens (tertiary/aromatic N) is 1. The van der Waals surface area contributed by atoms with E-state index in [-0.39, 0.29) is 0 Å². The molecule has 0 aromatic heterocycles. The molecule has 27 heteroatoms. The number of halogens is 18. The van der Waals surface area contributed by atoms with Gasteiger partial charge in [0.05, 0.1) is 13.2 Å². The largest absolute Gasteiger partial charge is 0.469 e. The van der Waals surface area contributed by atoms with Gasteiger partial charge < -0.3 is 9.79 Å². The van der Waals surface area contributed by atoms with Gasteiger partial charge in [-0.3, -0.25) is 4.52 Å². The monoisotopic (exact) mass is 641 g/mol. The molecular weight excluding hydrogens is 635 g/mol. The van der Waals surface area contributed by atoms with E-state index in [0.717, 1.165) is 0 Å². The zero-order chi connectivity index (χ0) is 30.7. The number of hydrogen-bond donors (Lipinski definition) is 2. The molecule has 0 aliphatic carbocycles. The predicted octanol–water partition coefficient (Wildman–Crippen LogP) is 4.58. The second kappa shape index (κ2) is 9.45. The lowest BCUT2D eigenvalue weighted by Gasteiger charge is -2.42. The SMILES string of the molecule is O=P(O)(O)OCCN(F)S(=O)(=O)C(F)(F)C(F)(F)C(F)(F)C(F)(F)C(F)(F)C(F)(F)C(F)(F)C(F)(F)F. The van der Waals surface area contributed by atoms with Crippen molar-refractivity contribution >= 4 is 17.8 Å². The second-order valence-electron chi connectivity index (χ2n) is 6.30. The Hall–Kier alpha value is -1.24. The number of rotatable bonds is 12. The minimum Gasteiger partial charge on any atom is -0.303 e. The molecule has 0 heterocycles. The lowest BCUT2D eigenvalue weighted by molar-refractivity contribution is -0.458. The predicted molar refractivity (Wildman–Crippen MR) is 75.4 cm³/mol. The van der Waals surface area contributed by atoms with Gasteiger partial charge in [-0.15, -0.1) is 4.48 Å². The van der Waals surface area contributed by atoms with Crippen LogP contribution in [0.15, 0.2) is 0 Å². The summed E-state index contributed by atoms with van der Waals surface area (Å²) in [7, 11) is -13.9. The molecular formula is C10H6F18NO6PS. The Balaban J connectivity index is 6.73. The van der Waals surface area contributed by atoms with E-state index in [1.807, 2.05) is 0 Å². The molecule has 37 heavy (non-hydrogen) atoms. The highest BCUT2D eigenvalue weighted by Gasteiger charge is 2.96. The van der Waals surface area contributed by atoms with Gasteiger partial charge in [-0.1, -0.05) is 0 Å². The van der Waals surface area contributed by atoms with Crippen LogP contribution in [0.1, 0.15) is 0 Å². The van der Waals surface area contributed by atoms with Crippen molar-refractivity contribution in [2.75, 3.05) is 13.2 Å². The molecule has 0 aromatic rings. The van der Waals surface area contributed by atoms with Crippen molar-refractivity contribution in [2.24, 2.45) is 0 Å². The quantitative estimate of drug-likeness (QED) is 0.184. The zero-order valence-corrected chi connectivity index (χ0v) is 17.8. The van der Waals surface area contributed by atoms with Crippen LogP contribution in [0.2, 0.25) is 0 Å². The van der Waals surface area contributed by atoms with Gasteiger partial charge in [0.15, 0.2) is 0 Å². The van der Waals surface area contributed by atoms with Crippen molar-refractivity contribution < 1.29 is 106 Å². The molecule has 2 N–H and O–H groups in total. The first-order valence-corrected chi connectivity index (χ1v) is 10.7. The molecule has 0 saturated carbocycles. The van der Waals surface area contributed by atoms with E-state index < -0.39 is 82.5 Å². The summed E-state index contributed by atoms with van der Waals surface area (Å²) in [5.41, 5.74) is 0. The number of phosphoric acid groups is 1. The minimum atomic E-state index is -9.08. The maximum atomic E-state index is 13.6. The Bertz CT molecular complexity index is 989. The Labute approximate surface area is 190 Å². The summed E-state index contributed by atoms with van der Waals surface area (Å²) in [6.07, 6.45) is -7.98. The molecule has 0 spiro atoms. The van der Waals surface area contributed by atoms with Crippen LogP contribution < -0.4 is 0 Å². The van der Waals surface area contributed by atoms with Crippen molar-refractivity contribution in [3.63, 3.8) is 0 Å². The number of alkyl halides is 17. The van der Waals surface area contributed by atoms with E-state index in [0.29, 0.717) is 0 Å². The fourth-order valence-electron chi connectivity index (χ4n) is 1.79. The lowest BCUT2D eigenvalue weighted by atomic mass is 9.91. The van der Waals surface area contributed by atoms with Gasteiger partial charge in [-0.2, -0.15) is 74.6 Å². The molecule has 0 fully saturated rings. The highest BCUT2D eigenvalue weighted by Crippen LogP contribution is 2.64. The van der Waals surface area contributed by atoms with Crippen LogP contribution >= 0.6 is 7.82 Å². The van der Waals surface area contributed by atoms with Crippen LogP contribution in [0, 0.1) is 0 Å². The topological polar surface area (TPSA) is 104 Å². The third-order valence-electron chi connectivity index (χ3n) is 3.80. The molecule has 0 saturated heterocycles. The van der Waals surface area contributed by atoms with Crippen LogP contribution in [0.25, 0.3) is 0 Å². The van der Waals surface area contributed by atoms with E-state index in [9.17, 15) is 92.1 Å². The maximum Gasteiger partial charge on any atom is 0.469 e. The van der Waals surface area contributed by atoms with E-state index in [4.69, 9.17) is 9.79 Å². The Morgan fingerprint density at radius 3 is 1.22 bits per heavy atom. The highest BCUT2D eigenvalue weighted by molar-refractivity contribution is 7.90. The summed E-state index contributed by atoms with van der Waals surface area (Å²) in [5.74, 6) is -53.0. The van der Waals surface area contributed by atoms with Crippen LogP contribution in [-0.2, 0) is 19.1 Å². The summed E-state index contributed by atoms with van der Waals surface area (Å²) in [6, 6.07) is 0. The van der Waals surface area contributed by atoms with Gasteiger partial charge in [0.2, 0.25) is 0 Å². The van der Waals surface area contributed by atoms with Crippen LogP contribution in [0.3, 0.4) is 0 Å². The van der Waals surface area contributed by atoms with Crippen LogP contribution in [-0.4, -0.2) is 82.8 Å². The second-order valence-corrected chi connectivity index (χ2v) is 9.40. The van der Waals surface area contributed by atoms with Crippen molar-refractivity contribution in [2.45, 2.75) is 47.0 Å². The summed E-state index contributed by atoms with van der Waals surface area (Å²) >= 11 is 0. The summed E-state index contributed by atoms with van der Waals surface area (Å²) in [5, 5.41) is -8.14. The highest BCUT2D eigenvalue weighted by atomic mass is 32.2. The van der Waals surface area contributed by atoms with Crippen molar-refractivity contribution in [3.8, 4) is 0 Å². The molecule has 7 nitrogen and oxygen atoms in total. The molecule has 0 aliphatic rings. The first kappa shape index (κ1) is 35.8.